The highest BCUT2D eigenvalue weighted by Crippen LogP contribution is 2.26. The molecular formula is C17H22N2O. The molecule has 0 amide bonds. The molecule has 1 heterocycles. The molecule has 0 aliphatic carbocycles. The summed E-state index contributed by atoms with van der Waals surface area (Å²) in [6, 6.07) is 12.5. The lowest BCUT2D eigenvalue weighted by Gasteiger charge is -2.17. The monoisotopic (exact) mass is 270 g/mol. The summed E-state index contributed by atoms with van der Waals surface area (Å²) in [5.41, 5.74) is 2.16. The molecular weight excluding hydrogens is 248 g/mol. The number of benzene rings is 1. The van der Waals surface area contributed by atoms with E-state index in [1.54, 1.807) is 6.20 Å². The largest absolute Gasteiger partial charge is 0.455 e. The minimum absolute atomic E-state index is 0.374. The second-order valence-corrected chi connectivity index (χ2v) is 4.78. The zero-order valence-electron chi connectivity index (χ0n) is 12.4. The van der Waals surface area contributed by atoms with Crippen molar-refractivity contribution in [3.8, 4) is 11.5 Å². The molecule has 0 spiro atoms. The number of nitrogens with zero attached hydrogens (tertiary/aromatic N) is 1. The smallest absolute Gasteiger partial charge is 0.148 e. The third-order valence-electron chi connectivity index (χ3n) is 3.31. The third-order valence-corrected chi connectivity index (χ3v) is 3.31. The van der Waals surface area contributed by atoms with Crippen LogP contribution in [-0.2, 0) is 0 Å². The molecule has 3 nitrogen and oxygen atoms in total. The van der Waals surface area contributed by atoms with Crippen molar-refractivity contribution < 1.29 is 4.74 Å². The number of hydrogen-bond acceptors (Lipinski definition) is 3. The van der Waals surface area contributed by atoms with E-state index in [0.29, 0.717) is 6.04 Å². The Morgan fingerprint density at radius 1 is 1.20 bits per heavy atom. The summed E-state index contributed by atoms with van der Waals surface area (Å²) < 4.78 is 5.93. The average Bonchev–Trinajstić information content (AvgIpc) is 2.47. The summed E-state index contributed by atoms with van der Waals surface area (Å²) in [6.07, 6.45) is 2.83. The Bertz CT molecular complexity index is 554. The Morgan fingerprint density at radius 3 is 2.75 bits per heavy atom. The van der Waals surface area contributed by atoms with Crippen molar-refractivity contribution in [2.24, 2.45) is 0 Å². The van der Waals surface area contributed by atoms with E-state index >= 15 is 0 Å². The Balaban J connectivity index is 2.19. The van der Waals surface area contributed by atoms with Crippen LogP contribution in [0.1, 0.15) is 37.6 Å². The first-order chi connectivity index (χ1) is 9.74. The van der Waals surface area contributed by atoms with E-state index in [2.05, 4.69) is 36.3 Å². The first-order valence-electron chi connectivity index (χ1n) is 7.17. The van der Waals surface area contributed by atoms with Gasteiger partial charge in [0.15, 0.2) is 0 Å². The van der Waals surface area contributed by atoms with E-state index in [1.807, 2.05) is 31.2 Å². The summed E-state index contributed by atoms with van der Waals surface area (Å²) in [4.78, 5) is 4.24. The lowest BCUT2D eigenvalue weighted by molar-refractivity contribution is 0.471. The number of hydrogen-bond donors (Lipinski definition) is 1. The van der Waals surface area contributed by atoms with Gasteiger partial charge in [0.1, 0.15) is 11.5 Å². The van der Waals surface area contributed by atoms with Gasteiger partial charge < -0.3 is 10.1 Å². The normalized spacial score (nSPS) is 12.2. The van der Waals surface area contributed by atoms with Gasteiger partial charge in [-0.1, -0.05) is 26.0 Å². The van der Waals surface area contributed by atoms with Crippen LogP contribution in [0.15, 0.2) is 42.6 Å². The minimum Gasteiger partial charge on any atom is -0.455 e. The van der Waals surface area contributed by atoms with Crippen LogP contribution in [0.4, 0.5) is 0 Å². The molecule has 0 fully saturated rings. The molecule has 1 unspecified atom stereocenters. The predicted molar refractivity (Wildman–Crippen MR) is 82.2 cm³/mol. The van der Waals surface area contributed by atoms with Gasteiger partial charge in [0.05, 0.1) is 5.69 Å². The van der Waals surface area contributed by atoms with Gasteiger partial charge in [-0.05, 0) is 49.7 Å². The summed E-state index contributed by atoms with van der Waals surface area (Å²) in [7, 11) is 0. The van der Waals surface area contributed by atoms with E-state index in [9.17, 15) is 0 Å². The van der Waals surface area contributed by atoms with Crippen LogP contribution >= 0.6 is 0 Å². The van der Waals surface area contributed by atoms with Gasteiger partial charge in [-0.3, -0.25) is 4.98 Å². The second kappa shape index (κ2) is 7.06. The minimum atomic E-state index is 0.374. The van der Waals surface area contributed by atoms with Crippen molar-refractivity contribution in [1.82, 2.24) is 10.3 Å². The van der Waals surface area contributed by atoms with Crippen molar-refractivity contribution in [2.45, 2.75) is 33.2 Å². The molecule has 0 aliphatic rings. The maximum atomic E-state index is 5.93. The van der Waals surface area contributed by atoms with Crippen LogP contribution in [0.25, 0.3) is 0 Å². The third kappa shape index (κ3) is 3.58. The molecule has 1 aromatic heterocycles. The molecule has 0 saturated carbocycles. The van der Waals surface area contributed by atoms with Crippen molar-refractivity contribution in [3.63, 3.8) is 0 Å². The van der Waals surface area contributed by atoms with Crippen LogP contribution in [-0.4, -0.2) is 11.5 Å². The summed E-state index contributed by atoms with van der Waals surface area (Å²) in [5.74, 6) is 1.66. The van der Waals surface area contributed by atoms with Crippen molar-refractivity contribution >= 4 is 0 Å². The topological polar surface area (TPSA) is 34.1 Å². The fourth-order valence-electron chi connectivity index (χ4n) is 2.24. The fourth-order valence-corrected chi connectivity index (χ4v) is 2.24. The zero-order valence-corrected chi connectivity index (χ0v) is 12.4. The fraction of sp³-hybridized carbons (Fsp3) is 0.353. The predicted octanol–water partition coefficient (Wildman–Crippen LogP) is 4.24. The van der Waals surface area contributed by atoms with E-state index in [-0.39, 0.29) is 0 Å². The molecule has 106 valence electrons. The van der Waals surface area contributed by atoms with E-state index in [1.165, 1.54) is 5.56 Å². The summed E-state index contributed by atoms with van der Waals surface area (Å²) in [5, 5.41) is 3.48. The lowest BCUT2D eigenvalue weighted by Crippen LogP contribution is -2.19. The van der Waals surface area contributed by atoms with Crippen LogP contribution in [0, 0.1) is 6.92 Å². The molecule has 20 heavy (non-hydrogen) atoms. The molecule has 2 rings (SSSR count). The average molecular weight is 270 g/mol. The van der Waals surface area contributed by atoms with E-state index in [0.717, 1.165) is 30.2 Å². The highest BCUT2D eigenvalue weighted by molar-refractivity contribution is 5.36. The van der Waals surface area contributed by atoms with Gasteiger partial charge in [0.2, 0.25) is 0 Å². The van der Waals surface area contributed by atoms with Crippen molar-refractivity contribution in [2.75, 3.05) is 6.54 Å². The molecule has 0 saturated heterocycles. The Morgan fingerprint density at radius 2 is 2.05 bits per heavy atom. The number of pyridine rings is 1. The van der Waals surface area contributed by atoms with Crippen LogP contribution in [0.5, 0.6) is 11.5 Å². The van der Waals surface area contributed by atoms with Crippen LogP contribution < -0.4 is 10.1 Å². The zero-order chi connectivity index (χ0) is 14.4. The van der Waals surface area contributed by atoms with Gasteiger partial charge in [-0.15, -0.1) is 0 Å². The highest BCUT2D eigenvalue weighted by atomic mass is 16.5. The molecule has 1 aromatic carbocycles. The number of nitrogens with one attached hydrogen (secondary N) is 1. The molecule has 3 heteroatoms. The summed E-state index contributed by atoms with van der Waals surface area (Å²) >= 11 is 0. The quantitative estimate of drug-likeness (QED) is 0.852. The molecule has 1 N–H and O–H groups in total. The molecule has 0 aliphatic heterocycles. The van der Waals surface area contributed by atoms with Gasteiger partial charge in [-0.2, -0.15) is 0 Å². The van der Waals surface area contributed by atoms with Gasteiger partial charge in [0.25, 0.3) is 0 Å². The SMILES string of the molecule is CCNC(CC)c1cccc(Oc2cccnc2C)c1. The molecule has 2 aromatic rings. The maximum Gasteiger partial charge on any atom is 0.148 e. The first-order valence-corrected chi connectivity index (χ1v) is 7.17. The van der Waals surface area contributed by atoms with Gasteiger partial charge >= 0.3 is 0 Å². The van der Waals surface area contributed by atoms with Crippen molar-refractivity contribution in [1.29, 1.82) is 0 Å². The van der Waals surface area contributed by atoms with E-state index < -0.39 is 0 Å². The standard InChI is InChI=1S/C17H22N2O/c1-4-16(18-5-2)14-8-6-9-15(12-14)20-17-10-7-11-19-13(17)3/h6-12,16,18H,4-5H2,1-3H3. The molecule has 0 radical (unpaired) electrons. The Labute approximate surface area is 121 Å². The lowest BCUT2D eigenvalue weighted by atomic mass is 10.0. The number of aryl methyl sites for hydroxylation is 1. The molecule has 0 bridgehead atoms. The molecule has 1 atom stereocenters. The first kappa shape index (κ1) is 14.5. The van der Waals surface area contributed by atoms with Crippen LogP contribution in [0.3, 0.4) is 0 Å². The van der Waals surface area contributed by atoms with Crippen molar-refractivity contribution in [3.05, 3.63) is 53.9 Å². The number of aromatic nitrogens is 1. The van der Waals surface area contributed by atoms with Crippen LogP contribution in [0.2, 0.25) is 0 Å². The van der Waals surface area contributed by atoms with Gasteiger partial charge in [-0.25, -0.2) is 0 Å². The maximum absolute atomic E-state index is 5.93. The van der Waals surface area contributed by atoms with E-state index in [4.69, 9.17) is 4.74 Å². The number of ether oxygens (including phenoxy) is 1. The Kier molecular flexibility index (Phi) is 5.13. The van der Waals surface area contributed by atoms with Gasteiger partial charge in [0, 0.05) is 12.2 Å². The summed E-state index contributed by atoms with van der Waals surface area (Å²) in [6.45, 7) is 7.23. The Hall–Kier alpha value is -1.87. The number of rotatable bonds is 6. The highest BCUT2D eigenvalue weighted by Gasteiger charge is 2.09. The second-order valence-electron chi connectivity index (χ2n) is 4.78.